The third kappa shape index (κ3) is 6.94. The van der Waals surface area contributed by atoms with Crippen molar-refractivity contribution in [3.8, 4) is 11.8 Å². The molecule has 1 amide bonds. The van der Waals surface area contributed by atoms with Gasteiger partial charge < -0.3 is 20.5 Å². The van der Waals surface area contributed by atoms with E-state index in [0.29, 0.717) is 30.3 Å². The Morgan fingerprint density at radius 2 is 2.06 bits per heavy atom. The molecule has 2 aromatic carbocycles. The highest BCUT2D eigenvalue weighted by molar-refractivity contribution is 6.31. The molecule has 0 spiro atoms. The molecule has 0 aliphatic carbocycles. The van der Waals surface area contributed by atoms with Crippen molar-refractivity contribution in [3.05, 3.63) is 58.6 Å². The van der Waals surface area contributed by atoms with Gasteiger partial charge in [0.05, 0.1) is 10.7 Å². The van der Waals surface area contributed by atoms with Crippen molar-refractivity contribution in [2.45, 2.75) is 38.8 Å². The van der Waals surface area contributed by atoms with Gasteiger partial charge >= 0.3 is 0 Å². The first-order chi connectivity index (χ1) is 16.2. The molecular formula is C25H30ClN5O3. The number of hydrazone groups is 1. The van der Waals surface area contributed by atoms with Crippen molar-refractivity contribution < 1.29 is 14.6 Å². The van der Waals surface area contributed by atoms with E-state index < -0.39 is 6.10 Å². The molecule has 34 heavy (non-hydrogen) atoms. The highest BCUT2D eigenvalue weighted by Crippen LogP contribution is 2.25. The molecule has 180 valence electrons. The van der Waals surface area contributed by atoms with Gasteiger partial charge in [-0.05, 0) is 43.7 Å². The standard InChI is InChI=1S/C25H30ClN5O3/c1-16-11-23(33)30-31-24(16)17-7-9-18(10-8-17)28-15-25(2,3)29-13-19(32)14-34-22-6-4-5-21(26)20(22)12-27/h4-10,16,19,28-29,32H,11,13-15H2,1-3H3,(H,30,33). The molecule has 3 rings (SSSR count). The molecule has 0 saturated carbocycles. The molecule has 0 saturated heterocycles. The van der Waals surface area contributed by atoms with Crippen molar-refractivity contribution in [1.82, 2.24) is 10.7 Å². The number of amides is 1. The number of carbonyl (C=O) groups excluding carboxylic acids is 1. The summed E-state index contributed by atoms with van der Waals surface area (Å²) in [6.45, 7) is 7.05. The van der Waals surface area contributed by atoms with Gasteiger partial charge in [0.1, 0.15) is 30.1 Å². The second-order valence-corrected chi connectivity index (χ2v) is 9.43. The van der Waals surface area contributed by atoms with E-state index in [1.165, 1.54) is 0 Å². The zero-order valence-corrected chi connectivity index (χ0v) is 20.3. The maximum atomic E-state index is 11.4. The maximum Gasteiger partial charge on any atom is 0.240 e. The van der Waals surface area contributed by atoms with Crippen LogP contribution in [0.2, 0.25) is 5.02 Å². The predicted molar refractivity (Wildman–Crippen MR) is 133 cm³/mol. The summed E-state index contributed by atoms with van der Waals surface area (Å²) in [5.41, 5.74) is 5.32. The number of nitrogens with one attached hydrogen (secondary N) is 3. The van der Waals surface area contributed by atoms with Crippen LogP contribution in [0.5, 0.6) is 5.75 Å². The third-order valence-electron chi connectivity index (χ3n) is 5.51. The lowest BCUT2D eigenvalue weighted by molar-refractivity contribution is -0.121. The zero-order chi connectivity index (χ0) is 24.7. The van der Waals surface area contributed by atoms with Gasteiger partial charge in [0.25, 0.3) is 0 Å². The van der Waals surface area contributed by atoms with Crippen LogP contribution >= 0.6 is 11.6 Å². The summed E-state index contributed by atoms with van der Waals surface area (Å²) in [4.78, 5) is 11.4. The smallest absolute Gasteiger partial charge is 0.240 e. The van der Waals surface area contributed by atoms with Gasteiger partial charge in [-0.2, -0.15) is 10.4 Å². The van der Waals surface area contributed by atoms with Crippen LogP contribution in [0.25, 0.3) is 0 Å². The lowest BCUT2D eigenvalue weighted by Gasteiger charge is -2.28. The number of carbonyl (C=O) groups is 1. The van der Waals surface area contributed by atoms with Gasteiger partial charge in [0.15, 0.2) is 0 Å². The Kier molecular flexibility index (Phi) is 8.51. The minimum absolute atomic E-state index is 0.0375. The number of aliphatic hydroxyl groups is 1. The molecule has 9 heteroatoms. The number of rotatable bonds is 10. The average molecular weight is 484 g/mol. The molecule has 1 heterocycles. The number of ether oxygens (including phenoxy) is 1. The highest BCUT2D eigenvalue weighted by Gasteiger charge is 2.22. The number of halogens is 1. The number of nitrogens with zero attached hydrogens (tertiary/aromatic N) is 2. The Morgan fingerprint density at radius 1 is 1.32 bits per heavy atom. The van der Waals surface area contributed by atoms with Crippen LogP contribution in [-0.4, -0.2) is 48.1 Å². The third-order valence-corrected chi connectivity index (χ3v) is 5.82. The molecular weight excluding hydrogens is 454 g/mol. The fraction of sp³-hybridized carbons (Fsp3) is 0.400. The van der Waals surface area contributed by atoms with Gasteiger partial charge in [-0.15, -0.1) is 0 Å². The molecule has 2 aromatic rings. The molecule has 0 radical (unpaired) electrons. The fourth-order valence-electron chi connectivity index (χ4n) is 3.52. The van der Waals surface area contributed by atoms with Gasteiger partial charge in [-0.25, -0.2) is 5.43 Å². The monoisotopic (exact) mass is 483 g/mol. The van der Waals surface area contributed by atoms with Crippen LogP contribution in [0.1, 0.15) is 38.3 Å². The summed E-state index contributed by atoms with van der Waals surface area (Å²) >= 11 is 6.01. The number of hydrogen-bond acceptors (Lipinski definition) is 7. The first-order valence-corrected chi connectivity index (χ1v) is 11.5. The summed E-state index contributed by atoms with van der Waals surface area (Å²) < 4.78 is 5.59. The van der Waals surface area contributed by atoms with Gasteiger partial charge in [0, 0.05) is 36.7 Å². The summed E-state index contributed by atoms with van der Waals surface area (Å²) in [5, 5.41) is 30.8. The largest absolute Gasteiger partial charge is 0.489 e. The lowest BCUT2D eigenvalue weighted by atomic mass is 9.94. The van der Waals surface area contributed by atoms with E-state index in [4.69, 9.17) is 16.3 Å². The molecule has 0 aromatic heterocycles. The van der Waals surface area contributed by atoms with Crippen molar-refractivity contribution in [2.24, 2.45) is 11.0 Å². The molecule has 0 fully saturated rings. The van der Waals surface area contributed by atoms with Crippen LogP contribution in [0.15, 0.2) is 47.6 Å². The van der Waals surface area contributed by atoms with Crippen LogP contribution in [0, 0.1) is 17.2 Å². The topological polar surface area (TPSA) is 119 Å². The van der Waals surface area contributed by atoms with E-state index in [0.717, 1.165) is 17.0 Å². The van der Waals surface area contributed by atoms with Crippen LogP contribution < -0.4 is 20.8 Å². The van der Waals surface area contributed by atoms with Crippen LogP contribution in [0.3, 0.4) is 0 Å². The van der Waals surface area contributed by atoms with Gasteiger partial charge in [0.2, 0.25) is 5.91 Å². The van der Waals surface area contributed by atoms with E-state index in [9.17, 15) is 15.2 Å². The first-order valence-electron chi connectivity index (χ1n) is 11.1. The minimum atomic E-state index is -0.761. The number of benzene rings is 2. The maximum absolute atomic E-state index is 11.4. The molecule has 2 atom stereocenters. The molecule has 4 N–H and O–H groups in total. The van der Waals surface area contributed by atoms with Crippen molar-refractivity contribution in [1.29, 1.82) is 5.26 Å². The molecule has 1 aliphatic rings. The number of hydrogen-bond donors (Lipinski definition) is 4. The van der Waals surface area contributed by atoms with E-state index >= 15 is 0 Å². The Bertz CT molecular complexity index is 1080. The fourth-order valence-corrected chi connectivity index (χ4v) is 3.73. The molecule has 1 aliphatic heterocycles. The Morgan fingerprint density at radius 3 is 2.74 bits per heavy atom. The number of β-amino-alcohol motifs (C(OH)–C–C–N with tert-alkyl or cyclic N) is 1. The molecule has 2 unspecified atom stereocenters. The van der Waals surface area contributed by atoms with E-state index in [-0.39, 0.29) is 29.5 Å². The summed E-state index contributed by atoms with van der Waals surface area (Å²) in [5.74, 6) is 0.378. The second kappa shape index (κ2) is 11.3. The summed E-state index contributed by atoms with van der Waals surface area (Å²) in [6, 6.07) is 14.9. The predicted octanol–water partition coefficient (Wildman–Crippen LogP) is 3.29. The van der Waals surface area contributed by atoms with Crippen molar-refractivity contribution in [3.63, 3.8) is 0 Å². The zero-order valence-electron chi connectivity index (χ0n) is 19.6. The normalized spacial score (nSPS) is 16.8. The highest BCUT2D eigenvalue weighted by atomic mass is 35.5. The molecule has 8 nitrogen and oxygen atoms in total. The summed E-state index contributed by atoms with van der Waals surface area (Å²) in [7, 11) is 0. The second-order valence-electron chi connectivity index (χ2n) is 9.02. The number of nitriles is 1. The van der Waals surface area contributed by atoms with E-state index in [1.54, 1.807) is 18.2 Å². The SMILES string of the molecule is CC1CC(=O)NN=C1c1ccc(NCC(C)(C)NCC(O)COc2cccc(Cl)c2C#N)cc1. The Labute approximate surface area is 205 Å². The quantitative estimate of drug-likeness (QED) is 0.411. The lowest BCUT2D eigenvalue weighted by Crippen LogP contribution is -2.49. The summed E-state index contributed by atoms with van der Waals surface area (Å²) in [6.07, 6.45) is -0.323. The Hall–Kier alpha value is -3.12. The van der Waals surface area contributed by atoms with Crippen LogP contribution in [0.4, 0.5) is 5.69 Å². The number of aliphatic hydroxyl groups excluding tert-OH is 1. The average Bonchev–Trinajstić information content (AvgIpc) is 2.81. The van der Waals surface area contributed by atoms with E-state index in [1.807, 2.05) is 51.1 Å². The molecule has 0 bridgehead atoms. The van der Waals surface area contributed by atoms with Gasteiger partial charge in [-0.3, -0.25) is 4.79 Å². The van der Waals surface area contributed by atoms with Crippen molar-refractivity contribution in [2.75, 3.05) is 25.0 Å². The minimum Gasteiger partial charge on any atom is -0.489 e. The first kappa shape index (κ1) is 25.5. The number of anilines is 1. The van der Waals surface area contributed by atoms with Gasteiger partial charge in [-0.1, -0.05) is 36.7 Å². The van der Waals surface area contributed by atoms with E-state index in [2.05, 4.69) is 21.2 Å². The van der Waals surface area contributed by atoms with Crippen LogP contribution in [-0.2, 0) is 4.79 Å². The Balaban J connectivity index is 1.46. The van der Waals surface area contributed by atoms with Crippen molar-refractivity contribution >= 4 is 28.9 Å².